The van der Waals surface area contributed by atoms with Gasteiger partial charge in [-0.05, 0) is 34.6 Å². The molecular formula is C26H27N3O5S. The van der Waals surface area contributed by atoms with Gasteiger partial charge in [0.2, 0.25) is 0 Å². The number of carbonyl (C=O) groups is 3. The average Bonchev–Trinajstić information content (AvgIpc) is 3.32. The van der Waals surface area contributed by atoms with Gasteiger partial charge in [0.25, 0.3) is 5.91 Å². The smallest absolute Gasteiger partial charge is 0.413 e. The number of ether oxygens (including phenoxy) is 1. The molecule has 1 aliphatic carbocycles. The summed E-state index contributed by atoms with van der Waals surface area (Å²) in [4.78, 5) is 41.3. The molecule has 1 aliphatic rings. The minimum absolute atomic E-state index is 0.0714. The number of rotatable bonds is 6. The van der Waals surface area contributed by atoms with E-state index in [0.717, 1.165) is 33.6 Å². The first kappa shape index (κ1) is 24.4. The number of benzene rings is 2. The van der Waals surface area contributed by atoms with Gasteiger partial charge in [0, 0.05) is 5.92 Å². The Morgan fingerprint density at radius 2 is 1.63 bits per heavy atom. The lowest BCUT2D eigenvalue weighted by Crippen LogP contribution is -2.49. The maximum absolute atomic E-state index is 12.7. The van der Waals surface area contributed by atoms with E-state index < -0.39 is 29.4 Å². The minimum atomic E-state index is -1.12. The lowest BCUT2D eigenvalue weighted by atomic mass is 9.87. The molecule has 0 radical (unpaired) electrons. The van der Waals surface area contributed by atoms with E-state index in [4.69, 9.17) is 4.74 Å². The molecule has 2 amide bonds. The average molecular weight is 494 g/mol. The number of nitrogens with zero attached hydrogens (tertiary/aromatic N) is 1. The van der Waals surface area contributed by atoms with Gasteiger partial charge in [-0.3, -0.25) is 10.1 Å². The summed E-state index contributed by atoms with van der Waals surface area (Å²) in [6.07, 6.45) is -0.675. The molecule has 0 saturated carbocycles. The normalized spacial score (nSPS) is 13.5. The zero-order valence-corrected chi connectivity index (χ0v) is 20.7. The van der Waals surface area contributed by atoms with Crippen molar-refractivity contribution in [2.45, 2.75) is 39.7 Å². The predicted octanol–water partition coefficient (Wildman–Crippen LogP) is 5.04. The van der Waals surface area contributed by atoms with E-state index in [-0.39, 0.29) is 22.5 Å². The van der Waals surface area contributed by atoms with Crippen LogP contribution in [0.4, 0.5) is 9.93 Å². The van der Waals surface area contributed by atoms with E-state index in [1.54, 1.807) is 27.7 Å². The van der Waals surface area contributed by atoms with Crippen molar-refractivity contribution in [3.05, 3.63) is 70.2 Å². The number of carboxylic acids is 1. The molecular weight excluding hydrogens is 466 g/mol. The van der Waals surface area contributed by atoms with E-state index in [2.05, 4.69) is 27.8 Å². The lowest BCUT2D eigenvalue weighted by molar-refractivity contribution is -0.142. The first-order valence-electron chi connectivity index (χ1n) is 11.2. The molecule has 2 aromatic carbocycles. The molecule has 182 valence electrons. The Bertz CT molecular complexity index is 1250. The number of hydrogen-bond donors (Lipinski definition) is 3. The van der Waals surface area contributed by atoms with Crippen molar-refractivity contribution >= 4 is 34.4 Å². The van der Waals surface area contributed by atoms with Crippen LogP contribution >= 0.6 is 11.3 Å². The van der Waals surface area contributed by atoms with Gasteiger partial charge in [0.15, 0.2) is 5.13 Å². The van der Waals surface area contributed by atoms with E-state index in [1.807, 2.05) is 36.4 Å². The van der Waals surface area contributed by atoms with Crippen LogP contribution in [0.25, 0.3) is 11.1 Å². The number of carboxylic acid groups (broad SMARTS) is 1. The van der Waals surface area contributed by atoms with Gasteiger partial charge in [0.1, 0.15) is 17.5 Å². The van der Waals surface area contributed by atoms with Crippen LogP contribution in [-0.2, 0) is 9.53 Å². The molecule has 9 heteroatoms. The molecule has 1 heterocycles. The van der Waals surface area contributed by atoms with Crippen LogP contribution in [-0.4, -0.2) is 40.7 Å². The van der Waals surface area contributed by atoms with Gasteiger partial charge in [-0.2, -0.15) is 0 Å². The summed E-state index contributed by atoms with van der Waals surface area (Å²) < 4.78 is 5.53. The molecule has 0 spiro atoms. The molecule has 8 nitrogen and oxygen atoms in total. The number of aryl methyl sites for hydroxylation is 1. The van der Waals surface area contributed by atoms with Gasteiger partial charge in [-0.25, -0.2) is 14.6 Å². The number of fused-ring (bicyclic) bond motifs is 3. The Morgan fingerprint density at radius 3 is 2.17 bits per heavy atom. The van der Waals surface area contributed by atoms with Gasteiger partial charge in [0.05, 0.1) is 5.69 Å². The van der Waals surface area contributed by atoms with Gasteiger partial charge in [-0.15, -0.1) is 0 Å². The number of carbonyl (C=O) groups excluding carboxylic acids is 2. The van der Waals surface area contributed by atoms with E-state index in [1.165, 1.54) is 0 Å². The summed E-state index contributed by atoms with van der Waals surface area (Å²) in [5, 5.41) is 14.8. The fraction of sp³-hybridized carbons (Fsp3) is 0.308. The first-order chi connectivity index (χ1) is 16.6. The van der Waals surface area contributed by atoms with Crippen LogP contribution in [0, 0.1) is 12.3 Å². The first-order valence-corrected chi connectivity index (χ1v) is 12.0. The maximum atomic E-state index is 12.7. The zero-order chi connectivity index (χ0) is 25.3. The molecule has 0 aliphatic heterocycles. The third-order valence-corrected chi connectivity index (χ3v) is 7.02. The highest BCUT2D eigenvalue weighted by molar-refractivity contribution is 7.17. The number of thiazole rings is 1. The number of hydrogen-bond acceptors (Lipinski definition) is 6. The Hall–Kier alpha value is -3.72. The van der Waals surface area contributed by atoms with Crippen LogP contribution in [0.15, 0.2) is 48.5 Å². The summed E-state index contributed by atoms with van der Waals surface area (Å²) in [6.45, 7) is 6.98. The Morgan fingerprint density at radius 1 is 1.06 bits per heavy atom. The molecule has 1 aromatic heterocycles. The van der Waals surface area contributed by atoms with E-state index >= 15 is 0 Å². The molecule has 0 fully saturated rings. The highest BCUT2D eigenvalue weighted by Crippen LogP contribution is 2.44. The number of amides is 2. The quantitative estimate of drug-likeness (QED) is 0.443. The predicted molar refractivity (Wildman–Crippen MR) is 134 cm³/mol. The second kappa shape index (κ2) is 9.50. The number of anilines is 1. The number of nitrogens with one attached hydrogen (secondary N) is 2. The second-order valence-corrected chi connectivity index (χ2v) is 10.5. The third-order valence-electron chi connectivity index (χ3n) is 5.94. The van der Waals surface area contributed by atoms with E-state index in [9.17, 15) is 19.5 Å². The van der Waals surface area contributed by atoms with Gasteiger partial charge in [-0.1, -0.05) is 80.6 Å². The highest BCUT2D eigenvalue weighted by Gasteiger charge is 2.34. The topological polar surface area (TPSA) is 118 Å². The van der Waals surface area contributed by atoms with Crippen LogP contribution < -0.4 is 10.6 Å². The van der Waals surface area contributed by atoms with Gasteiger partial charge >= 0.3 is 12.1 Å². The van der Waals surface area contributed by atoms with Gasteiger partial charge < -0.3 is 15.2 Å². The summed E-state index contributed by atoms with van der Waals surface area (Å²) in [5.74, 6) is -1.74. The maximum Gasteiger partial charge on any atom is 0.413 e. The van der Waals surface area contributed by atoms with Crippen molar-refractivity contribution in [3.63, 3.8) is 0 Å². The monoisotopic (exact) mass is 493 g/mol. The van der Waals surface area contributed by atoms with Crippen LogP contribution in [0.2, 0.25) is 0 Å². The SMILES string of the molecule is Cc1nc(NC(=O)OCC2c3ccccc3-c3ccccc32)sc1C(=O)N[C@@H](C(=O)O)C(C)(C)C. The molecule has 35 heavy (non-hydrogen) atoms. The molecule has 0 saturated heterocycles. The zero-order valence-electron chi connectivity index (χ0n) is 19.9. The van der Waals surface area contributed by atoms with Crippen molar-refractivity contribution < 1.29 is 24.2 Å². The van der Waals surface area contributed by atoms with Crippen LogP contribution in [0.5, 0.6) is 0 Å². The number of aliphatic carboxylic acids is 1. The number of aromatic nitrogens is 1. The fourth-order valence-electron chi connectivity index (χ4n) is 4.23. The summed E-state index contributed by atoms with van der Waals surface area (Å²) >= 11 is 0.967. The fourth-order valence-corrected chi connectivity index (χ4v) is 5.08. The van der Waals surface area contributed by atoms with Crippen molar-refractivity contribution in [1.29, 1.82) is 0 Å². The molecule has 3 N–H and O–H groups in total. The molecule has 3 aromatic rings. The Labute approximate surface area is 207 Å². The summed E-state index contributed by atoms with van der Waals surface area (Å²) in [5.41, 5.74) is 4.20. The lowest BCUT2D eigenvalue weighted by Gasteiger charge is -2.27. The molecule has 0 bridgehead atoms. The van der Waals surface area contributed by atoms with Crippen LogP contribution in [0.3, 0.4) is 0 Å². The third kappa shape index (κ3) is 5.05. The highest BCUT2D eigenvalue weighted by atomic mass is 32.1. The van der Waals surface area contributed by atoms with Crippen molar-refractivity contribution in [2.75, 3.05) is 11.9 Å². The molecule has 1 atom stereocenters. The van der Waals surface area contributed by atoms with Crippen molar-refractivity contribution in [2.24, 2.45) is 5.41 Å². The summed E-state index contributed by atoms with van der Waals surface area (Å²) in [7, 11) is 0. The standard InChI is InChI=1S/C26H27N3O5S/c1-14-20(22(30)28-21(23(31)32)26(2,3)4)35-24(27-14)29-25(33)34-13-19-17-11-7-5-9-15(17)16-10-6-8-12-18(16)19/h5-12,19,21H,13H2,1-4H3,(H,28,30)(H,31,32)(H,27,29,33)/t21-/m0/s1. The molecule has 4 rings (SSSR count). The Balaban J connectivity index is 1.42. The largest absolute Gasteiger partial charge is 0.480 e. The van der Waals surface area contributed by atoms with E-state index in [0.29, 0.717) is 5.69 Å². The molecule has 0 unspecified atom stereocenters. The minimum Gasteiger partial charge on any atom is -0.480 e. The Kier molecular flexibility index (Phi) is 6.62. The summed E-state index contributed by atoms with van der Waals surface area (Å²) in [6, 6.07) is 15.1. The second-order valence-electron chi connectivity index (χ2n) is 9.49. The van der Waals surface area contributed by atoms with Crippen LogP contribution in [0.1, 0.15) is 53.2 Å². The van der Waals surface area contributed by atoms with Crippen molar-refractivity contribution in [1.82, 2.24) is 10.3 Å². The van der Waals surface area contributed by atoms with Crippen molar-refractivity contribution in [3.8, 4) is 11.1 Å².